The number of aryl methyl sites for hydroxylation is 1. The number of benzene rings is 2. The Morgan fingerprint density at radius 1 is 1.20 bits per heavy atom. The Labute approximate surface area is 177 Å². The van der Waals surface area contributed by atoms with Crippen molar-refractivity contribution in [1.82, 2.24) is 10.2 Å². The summed E-state index contributed by atoms with van der Waals surface area (Å²) in [4.78, 5) is 15.4. The number of phenols is 1. The quantitative estimate of drug-likeness (QED) is 0.733. The van der Waals surface area contributed by atoms with E-state index in [9.17, 15) is 15.0 Å². The minimum Gasteiger partial charge on any atom is -0.508 e. The molecule has 2 aromatic carbocycles. The van der Waals surface area contributed by atoms with Crippen molar-refractivity contribution >= 4 is 5.91 Å². The number of piperidine rings is 1. The molecule has 1 heterocycles. The molecule has 3 aliphatic rings. The molecule has 2 fully saturated rings. The number of hydrogen-bond acceptors (Lipinski definition) is 4. The molecule has 5 heteroatoms. The van der Waals surface area contributed by atoms with Crippen LogP contribution in [0.2, 0.25) is 0 Å². The summed E-state index contributed by atoms with van der Waals surface area (Å²) in [6.07, 6.45) is 2.65. The van der Waals surface area contributed by atoms with Crippen LogP contribution in [-0.4, -0.2) is 46.3 Å². The molecule has 1 saturated carbocycles. The number of amides is 1. The topological polar surface area (TPSA) is 72.8 Å². The lowest BCUT2D eigenvalue weighted by molar-refractivity contribution is -0.129. The third-order valence-electron chi connectivity index (χ3n) is 7.94. The zero-order chi connectivity index (χ0) is 21.1. The van der Waals surface area contributed by atoms with Crippen molar-refractivity contribution in [3.63, 3.8) is 0 Å². The number of phenolic OH excluding ortho intramolecular Hbond substituents is 1. The molecule has 5 rings (SSSR count). The number of hydrogen-bond donors (Lipinski definition) is 3. The van der Waals surface area contributed by atoms with Gasteiger partial charge < -0.3 is 20.4 Å². The fourth-order valence-electron chi connectivity index (χ4n) is 6.33. The molecule has 0 aromatic heterocycles. The van der Waals surface area contributed by atoms with Crippen LogP contribution in [-0.2, 0) is 23.2 Å². The molecule has 2 aromatic rings. The van der Waals surface area contributed by atoms with Crippen LogP contribution in [0.3, 0.4) is 0 Å². The van der Waals surface area contributed by atoms with Crippen molar-refractivity contribution in [3.05, 3.63) is 64.7 Å². The first-order valence-electron chi connectivity index (χ1n) is 10.9. The van der Waals surface area contributed by atoms with Crippen LogP contribution in [0.25, 0.3) is 0 Å². The molecule has 5 nitrogen and oxygen atoms in total. The average molecular weight is 407 g/mol. The Bertz CT molecular complexity index is 988. The highest BCUT2D eigenvalue weighted by atomic mass is 16.3. The molecule has 0 spiro atoms. The Balaban J connectivity index is 1.44. The van der Waals surface area contributed by atoms with E-state index in [1.165, 1.54) is 11.1 Å². The molecule has 30 heavy (non-hydrogen) atoms. The van der Waals surface area contributed by atoms with E-state index in [2.05, 4.69) is 29.4 Å². The number of carbonyl (C=O) groups excluding carboxylic acids is 1. The van der Waals surface area contributed by atoms with Crippen LogP contribution in [0.1, 0.15) is 41.5 Å². The van der Waals surface area contributed by atoms with Crippen molar-refractivity contribution in [2.75, 3.05) is 13.6 Å². The van der Waals surface area contributed by atoms with Gasteiger partial charge in [0.05, 0.1) is 5.60 Å². The van der Waals surface area contributed by atoms with Gasteiger partial charge in [-0.25, -0.2) is 0 Å². The number of carbonyl (C=O) groups is 1. The fraction of sp³-hybridized carbons (Fsp3) is 0.480. The maximum Gasteiger partial charge on any atom is 0.223 e. The predicted molar refractivity (Wildman–Crippen MR) is 115 cm³/mol. The molecular formula is C25H30N2O3. The molecule has 1 aliphatic heterocycles. The number of likely N-dealkylation sites (tertiary alicyclic amines) is 1. The highest BCUT2D eigenvalue weighted by molar-refractivity contribution is 5.80. The van der Waals surface area contributed by atoms with E-state index in [-0.39, 0.29) is 23.6 Å². The van der Waals surface area contributed by atoms with Gasteiger partial charge in [-0.15, -0.1) is 0 Å². The van der Waals surface area contributed by atoms with E-state index in [1.54, 1.807) is 6.07 Å². The second-order valence-corrected chi connectivity index (χ2v) is 9.61. The number of nitrogens with one attached hydrogen (secondary N) is 1. The van der Waals surface area contributed by atoms with Crippen molar-refractivity contribution in [3.8, 4) is 5.75 Å². The lowest BCUT2D eigenvalue weighted by Gasteiger charge is -2.58. The molecular weight excluding hydrogens is 376 g/mol. The van der Waals surface area contributed by atoms with E-state index in [1.807, 2.05) is 31.2 Å². The van der Waals surface area contributed by atoms with Crippen LogP contribution in [0.4, 0.5) is 0 Å². The van der Waals surface area contributed by atoms with Crippen molar-refractivity contribution in [1.29, 1.82) is 0 Å². The minimum atomic E-state index is -0.952. The third kappa shape index (κ3) is 2.79. The number of nitrogens with zero attached hydrogens (tertiary/aromatic N) is 1. The number of likely N-dealkylation sites (N-methyl/N-ethyl adjacent to an activating group) is 1. The number of aliphatic hydroxyl groups is 1. The average Bonchev–Trinajstić information content (AvgIpc) is 3.06. The summed E-state index contributed by atoms with van der Waals surface area (Å²) in [6, 6.07) is 13.7. The molecule has 2 bridgehead atoms. The fourth-order valence-corrected chi connectivity index (χ4v) is 6.33. The van der Waals surface area contributed by atoms with Gasteiger partial charge in [0.1, 0.15) is 5.75 Å². The summed E-state index contributed by atoms with van der Waals surface area (Å²) in [5, 5.41) is 25.3. The van der Waals surface area contributed by atoms with E-state index in [4.69, 9.17) is 0 Å². The van der Waals surface area contributed by atoms with E-state index >= 15 is 0 Å². The largest absolute Gasteiger partial charge is 0.508 e. The third-order valence-corrected chi connectivity index (χ3v) is 7.94. The predicted octanol–water partition coefficient (Wildman–Crippen LogP) is 2.66. The monoisotopic (exact) mass is 406 g/mol. The van der Waals surface area contributed by atoms with Gasteiger partial charge in [-0.05, 0) is 75.0 Å². The summed E-state index contributed by atoms with van der Waals surface area (Å²) in [5.74, 6) is 0.0145. The highest BCUT2D eigenvalue weighted by Crippen LogP contribution is 2.61. The zero-order valence-corrected chi connectivity index (χ0v) is 17.7. The molecule has 4 atom stereocenters. The summed E-state index contributed by atoms with van der Waals surface area (Å²) in [6.45, 7) is 3.44. The smallest absolute Gasteiger partial charge is 0.223 e. The van der Waals surface area contributed by atoms with Crippen LogP contribution >= 0.6 is 0 Å². The standard InChI is InChI=1S/C25H30N2O3/c1-16-3-5-17(6-4-16)15-26-23(29)19-13-24-9-10-27(2)22(25(24,30)14-19)11-18-7-8-20(28)12-21(18)24/h3-8,12,19,22,28,30H,9-11,13-15H2,1-2H3,(H,26,29)/t19-,22-,24-,25-/m1/s1. The lowest BCUT2D eigenvalue weighted by Crippen LogP contribution is -2.68. The lowest BCUT2D eigenvalue weighted by atomic mass is 9.56. The summed E-state index contributed by atoms with van der Waals surface area (Å²) < 4.78 is 0. The molecule has 0 radical (unpaired) electrons. The van der Waals surface area contributed by atoms with Gasteiger partial charge in [-0.2, -0.15) is 0 Å². The summed E-state index contributed by atoms with van der Waals surface area (Å²) in [5.41, 5.74) is 3.09. The van der Waals surface area contributed by atoms with Crippen LogP contribution < -0.4 is 5.32 Å². The summed E-state index contributed by atoms with van der Waals surface area (Å²) in [7, 11) is 2.07. The van der Waals surface area contributed by atoms with E-state index < -0.39 is 11.0 Å². The van der Waals surface area contributed by atoms with Crippen LogP contribution in [0.5, 0.6) is 5.75 Å². The molecule has 0 unspecified atom stereocenters. The Hall–Kier alpha value is -2.37. The van der Waals surface area contributed by atoms with Gasteiger partial charge in [0.25, 0.3) is 0 Å². The van der Waals surface area contributed by atoms with Gasteiger partial charge in [0.2, 0.25) is 5.91 Å². The highest BCUT2D eigenvalue weighted by Gasteiger charge is 2.67. The molecule has 2 aliphatic carbocycles. The van der Waals surface area contributed by atoms with E-state index in [0.29, 0.717) is 19.4 Å². The number of fused-ring (bicyclic) bond motifs is 1. The van der Waals surface area contributed by atoms with Gasteiger partial charge in [0, 0.05) is 23.9 Å². The summed E-state index contributed by atoms with van der Waals surface area (Å²) >= 11 is 0. The second kappa shape index (κ2) is 6.82. The first-order chi connectivity index (χ1) is 14.3. The molecule has 158 valence electrons. The minimum absolute atomic E-state index is 0.00167. The molecule has 1 amide bonds. The Morgan fingerprint density at radius 3 is 2.73 bits per heavy atom. The van der Waals surface area contributed by atoms with Crippen molar-refractivity contribution in [2.24, 2.45) is 5.92 Å². The zero-order valence-electron chi connectivity index (χ0n) is 17.7. The van der Waals surface area contributed by atoms with Gasteiger partial charge >= 0.3 is 0 Å². The maximum absolute atomic E-state index is 13.1. The van der Waals surface area contributed by atoms with Crippen LogP contribution in [0.15, 0.2) is 42.5 Å². The second-order valence-electron chi connectivity index (χ2n) is 9.61. The number of aromatic hydroxyl groups is 1. The first-order valence-corrected chi connectivity index (χ1v) is 10.9. The van der Waals surface area contributed by atoms with E-state index in [0.717, 1.165) is 30.5 Å². The van der Waals surface area contributed by atoms with Gasteiger partial charge in [-0.1, -0.05) is 35.9 Å². The molecule has 1 saturated heterocycles. The SMILES string of the molecule is Cc1ccc(CNC(=O)[C@@H]2C[C@]34CCN(C)[C@H](Cc5ccc(O)cc53)[C@]4(O)C2)cc1. The number of rotatable bonds is 3. The van der Waals surface area contributed by atoms with Crippen LogP contribution in [0, 0.1) is 12.8 Å². The Morgan fingerprint density at radius 2 is 1.97 bits per heavy atom. The van der Waals surface area contributed by atoms with Crippen molar-refractivity contribution < 1.29 is 15.0 Å². The normalized spacial score (nSPS) is 32.4. The van der Waals surface area contributed by atoms with Crippen molar-refractivity contribution in [2.45, 2.75) is 56.2 Å². The Kier molecular flexibility index (Phi) is 4.46. The van der Waals surface area contributed by atoms with Gasteiger partial charge in [-0.3, -0.25) is 4.79 Å². The maximum atomic E-state index is 13.1. The first kappa shape index (κ1) is 19.6. The molecule has 3 N–H and O–H groups in total. The van der Waals surface area contributed by atoms with Gasteiger partial charge in [0.15, 0.2) is 0 Å².